The van der Waals surface area contributed by atoms with Crippen LogP contribution in [0.4, 0.5) is 23.3 Å². The fourth-order valence-electron chi connectivity index (χ4n) is 7.11. The van der Waals surface area contributed by atoms with Crippen LogP contribution in [0, 0.1) is 11.8 Å². The molecule has 226 valence electrons. The van der Waals surface area contributed by atoms with Gasteiger partial charge >= 0.3 is 0 Å². The van der Waals surface area contributed by atoms with Crippen molar-refractivity contribution in [2.45, 2.75) is 31.3 Å². The van der Waals surface area contributed by atoms with Gasteiger partial charge in [-0.1, -0.05) is 12.6 Å². The van der Waals surface area contributed by atoms with Gasteiger partial charge in [-0.15, -0.1) is 0 Å². The van der Waals surface area contributed by atoms with Gasteiger partial charge in [-0.25, -0.2) is 18.4 Å². The Hall–Kier alpha value is -3.77. The average Bonchev–Trinajstić information content (AvgIpc) is 3.58. The number of ether oxygens (including phenoxy) is 1. The predicted molar refractivity (Wildman–Crippen MR) is 167 cm³/mol. The summed E-state index contributed by atoms with van der Waals surface area (Å²) in [4.78, 5) is 32.6. The van der Waals surface area contributed by atoms with Gasteiger partial charge in [0.05, 0.1) is 25.0 Å². The second kappa shape index (κ2) is 10.7. The summed E-state index contributed by atoms with van der Waals surface area (Å²) in [6, 6.07) is 8.59. The molecule has 2 aromatic heterocycles. The van der Waals surface area contributed by atoms with Gasteiger partial charge in [0.25, 0.3) is 0 Å². The van der Waals surface area contributed by atoms with Crippen molar-refractivity contribution in [3.05, 3.63) is 54.9 Å². The fraction of sp³-hybridized carbons (Fsp3) is 0.484. The van der Waals surface area contributed by atoms with Crippen molar-refractivity contribution in [1.82, 2.24) is 19.9 Å². The number of nitrogens with zero attached hydrogens (tertiary/aromatic N) is 6. The lowest BCUT2D eigenvalue weighted by atomic mass is 9.85. The molecule has 0 radical (unpaired) electrons. The lowest BCUT2D eigenvalue weighted by molar-refractivity contribution is -0.130. The molecule has 0 saturated carbocycles. The zero-order valence-corrected chi connectivity index (χ0v) is 25.3. The second-order valence-corrected chi connectivity index (χ2v) is 14.6. The van der Waals surface area contributed by atoms with Gasteiger partial charge in [-0.3, -0.25) is 4.79 Å². The van der Waals surface area contributed by atoms with Crippen molar-refractivity contribution < 1.29 is 17.9 Å². The van der Waals surface area contributed by atoms with Crippen LogP contribution in [-0.2, 0) is 19.4 Å². The minimum absolute atomic E-state index is 0.0550. The average molecular weight is 604 g/mol. The highest BCUT2D eigenvalue weighted by atomic mass is 32.2. The summed E-state index contributed by atoms with van der Waals surface area (Å²) in [6.45, 7) is 10.1. The first kappa shape index (κ1) is 28.0. The maximum atomic E-state index is 12.1. The molecule has 0 aliphatic carbocycles. The molecule has 43 heavy (non-hydrogen) atoms. The third-order valence-corrected chi connectivity index (χ3v) is 10.6. The number of anilines is 4. The Morgan fingerprint density at radius 1 is 1.12 bits per heavy atom. The first-order chi connectivity index (χ1) is 20.7. The van der Waals surface area contributed by atoms with Crippen LogP contribution in [0.5, 0.6) is 0 Å². The number of benzene rings is 1. The van der Waals surface area contributed by atoms with E-state index in [4.69, 9.17) is 14.7 Å². The molecule has 1 N–H and O–H groups in total. The fourth-order valence-corrected chi connectivity index (χ4v) is 8.27. The Morgan fingerprint density at radius 2 is 1.95 bits per heavy atom. The monoisotopic (exact) mass is 603 g/mol. The molecular formula is C31H37N7O4S. The summed E-state index contributed by atoms with van der Waals surface area (Å²) in [5.74, 6) is 3.00. The van der Waals surface area contributed by atoms with E-state index >= 15 is 0 Å². The van der Waals surface area contributed by atoms with Gasteiger partial charge in [0.15, 0.2) is 0 Å². The van der Waals surface area contributed by atoms with Gasteiger partial charge in [0.1, 0.15) is 21.5 Å². The highest BCUT2D eigenvalue weighted by Crippen LogP contribution is 2.41. The quantitative estimate of drug-likeness (QED) is 0.385. The number of hydrogen-bond donors (Lipinski definition) is 1. The number of carbonyl (C=O) groups excluding carboxylic acids is 1. The van der Waals surface area contributed by atoms with Crippen molar-refractivity contribution in [1.29, 1.82) is 0 Å². The lowest BCUT2D eigenvalue weighted by Gasteiger charge is -2.48. The minimum Gasteiger partial charge on any atom is -0.379 e. The number of hydrogen-bond acceptors (Lipinski definition) is 10. The summed E-state index contributed by atoms with van der Waals surface area (Å²) < 4.78 is 29.6. The first-order valence-electron chi connectivity index (χ1n) is 14.9. The third-order valence-electron chi connectivity index (χ3n) is 9.61. The first-order valence-corrected chi connectivity index (χ1v) is 17.0. The summed E-state index contributed by atoms with van der Waals surface area (Å²) >= 11 is 0. The molecule has 4 atom stereocenters. The molecule has 4 aliphatic rings. The SMILES string of the molecule is C=CC(=O)N1CC(c2ccc(N3C[C@H](CS(C)(=O)=O)[C@H]3C)c3cnc(Nc4ccnc(N5CC[C@@H]6COC[C@@H]65)n4)cc23)C1. The van der Waals surface area contributed by atoms with Crippen molar-refractivity contribution in [2.75, 3.05) is 66.5 Å². The zero-order valence-electron chi connectivity index (χ0n) is 24.5. The third kappa shape index (κ3) is 5.20. The van der Waals surface area contributed by atoms with Crippen LogP contribution in [0.3, 0.4) is 0 Å². The molecule has 12 heteroatoms. The Labute approximate surface area is 251 Å². The molecule has 1 amide bonds. The summed E-state index contributed by atoms with van der Waals surface area (Å²) in [6.07, 6.45) is 7.41. The van der Waals surface area contributed by atoms with Crippen LogP contribution in [0.2, 0.25) is 0 Å². The number of aromatic nitrogens is 3. The van der Waals surface area contributed by atoms with Gasteiger partial charge in [-0.2, -0.15) is 4.98 Å². The Balaban J connectivity index is 1.18. The predicted octanol–water partition coefficient (Wildman–Crippen LogP) is 2.97. The normalized spacial score (nSPS) is 25.4. The van der Waals surface area contributed by atoms with Crippen molar-refractivity contribution in [3.8, 4) is 0 Å². The lowest BCUT2D eigenvalue weighted by Crippen LogP contribution is -2.57. The molecule has 3 aromatic rings. The van der Waals surface area contributed by atoms with Gasteiger partial charge < -0.3 is 24.8 Å². The van der Waals surface area contributed by atoms with Crippen LogP contribution in [0.15, 0.2) is 49.3 Å². The summed E-state index contributed by atoms with van der Waals surface area (Å²) in [7, 11) is -3.05. The zero-order chi connectivity index (χ0) is 29.9. The van der Waals surface area contributed by atoms with E-state index in [2.05, 4.69) is 51.8 Å². The van der Waals surface area contributed by atoms with Gasteiger partial charge in [0, 0.05) is 79.7 Å². The molecule has 0 bridgehead atoms. The number of nitrogens with one attached hydrogen (secondary N) is 1. The smallest absolute Gasteiger partial charge is 0.245 e. The molecule has 0 unspecified atom stereocenters. The van der Waals surface area contributed by atoms with Gasteiger partial charge in [-0.05, 0) is 48.6 Å². The molecule has 4 fully saturated rings. The highest BCUT2D eigenvalue weighted by Gasteiger charge is 2.40. The molecule has 7 rings (SSSR count). The van der Waals surface area contributed by atoms with Crippen molar-refractivity contribution >= 4 is 49.8 Å². The standard InChI is InChI=1S/C31H37N7O4S/c1-4-30(39)36-13-21(14-36)23-5-6-26(38-15-22(19(38)2)18-43(3,40)41)25-12-33-29(11-24(23)25)34-28-7-9-32-31(35-28)37-10-8-20-16-42-17-27(20)37/h4-7,9,11-12,19-22,27H,1,8,10,13-18H2,2-3H3,(H,32,33,34,35)/t19-,20-,22-,27+/m1/s1. The molecular weight excluding hydrogens is 566 g/mol. The van der Waals surface area contributed by atoms with E-state index < -0.39 is 9.84 Å². The molecule has 11 nitrogen and oxygen atoms in total. The van der Waals surface area contributed by atoms with Crippen LogP contribution in [0.25, 0.3) is 10.8 Å². The molecule has 6 heterocycles. The maximum absolute atomic E-state index is 12.1. The summed E-state index contributed by atoms with van der Waals surface area (Å²) in [5.41, 5.74) is 2.20. The molecule has 0 spiro atoms. The number of rotatable bonds is 8. The Kier molecular flexibility index (Phi) is 7.00. The minimum atomic E-state index is -3.05. The van der Waals surface area contributed by atoms with Gasteiger partial charge in [0.2, 0.25) is 11.9 Å². The van der Waals surface area contributed by atoms with Crippen LogP contribution >= 0.6 is 0 Å². The molecule has 4 saturated heterocycles. The van der Waals surface area contributed by atoms with Crippen LogP contribution in [-0.4, -0.2) is 97.7 Å². The topological polar surface area (TPSA) is 121 Å². The number of carbonyl (C=O) groups is 1. The number of amides is 1. The van der Waals surface area contributed by atoms with E-state index in [1.165, 1.54) is 12.3 Å². The largest absolute Gasteiger partial charge is 0.379 e. The second-order valence-electron chi connectivity index (χ2n) is 12.4. The van der Waals surface area contributed by atoms with E-state index in [-0.39, 0.29) is 29.5 Å². The van der Waals surface area contributed by atoms with E-state index in [1.807, 2.05) is 12.3 Å². The van der Waals surface area contributed by atoms with Crippen molar-refractivity contribution in [2.24, 2.45) is 11.8 Å². The number of sulfone groups is 1. The number of pyridine rings is 1. The van der Waals surface area contributed by atoms with Crippen molar-refractivity contribution in [3.63, 3.8) is 0 Å². The number of fused-ring (bicyclic) bond motifs is 2. The van der Waals surface area contributed by atoms with Crippen LogP contribution < -0.4 is 15.1 Å². The number of likely N-dealkylation sites (tertiary alicyclic amines) is 1. The highest BCUT2D eigenvalue weighted by molar-refractivity contribution is 7.90. The summed E-state index contributed by atoms with van der Waals surface area (Å²) in [5, 5.41) is 5.47. The maximum Gasteiger partial charge on any atom is 0.245 e. The van der Waals surface area contributed by atoms with E-state index in [0.717, 1.165) is 41.6 Å². The Bertz CT molecular complexity index is 1690. The Morgan fingerprint density at radius 3 is 2.72 bits per heavy atom. The molecule has 1 aromatic carbocycles. The van der Waals surface area contributed by atoms with E-state index in [1.54, 1.807) is 11.1 Å². The molecule has 4 aliphatic heterocycles. The van der Waals surface area contributed by atoms with E-state index in [0.29, 0.717) is 55.8 Å². The van der Waals surface area contributed by atoms with E-state index in [9.17, 15) is 13.2 Å². The van der Waals surface area contributed by atoms with Crippen LogP contribution in [0.1, 0.15) is 24.8 Å².